The third-order valence-corrected chi connectivity index (χ3v) is 12.4. The Balaban J connectivity index is 1.26. The molecule has 2 aromatic rings. The van der Waals surface area contributed by atoms with Crippen molar-refractivity contribution in [2.75, 3.05) is 13.1 Å². The molecule has 4 aliphatic heterocycles. The van der Waals surface area contributed by atoms with Crippen LogP contribution in [-0.4, -0.2) is 84.7 Å². The second kappa shape index (κ2) is 12.0. The number of fused-ring (bicyclic) bond motifs is 1. The number of halogens is 3. The molecule has 1 aliphatic carbocycles. The van der Waals surface area contributed by atoms with Crippen LogP contribution in [0.4, 0.5) is 4.39 Å². The number of nitrogens with zero attached hydrogens (tertiary/aromatic N) is 6. The lowest BCUT2D eigenvalue weighted by Crippen LogP contribution is -2.63. The molecule has 3 fully saturated rings. The lowest BCUT2D eigenvalue weighted by molar-refractivity contribution is -0.149. The van der Waals surface area contributed by atoms with Gasteiger partial charge in [-0.15, -0.1) is 0 Å². The number of amidine groups is 1. The number of piperazine rings is 1. The van der Waals surface area contributed by atoms with Gasteiger partial charge in [-0.1, -0.05) is 49.2 Å². The van der Waals surface area contributed by atoms with Gasteiger partial charge in [0.15, 0.2) is 5.17 Å². The molecule has 1 spiro atoms. The average molecular weight is 714 g/mol. The maximum atomic E-state index is 15.0. The molecule has 5 atom stereocenters. The number of carbonyl (C=O) groups excluding carboxylic acids is 3. The van der Waals surface area contributed by atoms with Gasteiger partial charge in [0.25, 0.3) is 5.91 Å². The highest BCUT2D eigenvalue weighted by Gasteiger charge is 2.57. The third-order valence-electron chi connectivity index (χ3n) is 10.8. The molecule has 2 saturated heterocycles. The predicted octanol–water partition coefficient (Wildman–Crippen LogP) is 6.37. The SMILES string of the molecule is CC(C)C1=C(C(=O)N2[C@H](C)CC[C@H]2C(=O)N2CC3(CC3)N(C=O)C[C@@H]2C)SC2=N[C@@](C)(c3ccc(Cl)nc3)[C@@H](c3ccc(Cl)c(F)c3)N21. The summed E-state index contributed by atoms with van der Waals surface area (Å²) < 4.78 is 15.0. The zero-order chi connectivity index (χ0) is 34.3. The number of thioether (sulfide) groups is 1. The van der Waals surface area contributed by atoms with Crippen LogP contribution in [-0.2, 0) is 19.9 Å². The molecule has 0 unspecified atom stereocenters. The van der Waals surface area contributed by atoms with Crippen LogP contribution in [0.15, 0.2) is 52.1 Å². The summed E-state index contributed by atoms with van der Waals surface area (Å²) >= 11 is 13.6. The van der Waals surface area contributed by atoms with Gasteiger partial charge in [0.1, 0.15) is 27.5 Å². The van der Waals surface area contributed by atoms with E-state index in [0.717, 1.165) is 30.5 Å². The van der Waals surface area contributed by atoms with E-state index in [1.54, 1.807) is 29.3 Å². The number of aliphatic imine (C=N–C) groups is 1. The number of likely N-dealkylation sites (tertiary alicyclic amines) is 1. The van der Waals surface area contributed by atoms with Gasteiger partial charge in [-0.05, 0) is 87.9 Å². The van der Waals surface area contributed by atoms with Crippen LogP contribution < -0.4 is 0 Å². The number of benzene rings is 1. The van der Waals surface area contributed by atoms with Crippen LogP contribution in [0.25, 0.3) is 0 Å². The number of carbonyl (C=O) groups is 3. The van der Waals surface area contributed by atoms with Gasteiger partial charge in [-0.3, -0.25) is 14.4 Å². The number of hydrogen-bond acceptors (Lipinski definition) is 7. The van der Waals surface area contributed by atoms with Crippen molar-refractivity contribution in [3.63, 3.8) is 0 Å². The second-order valence-corrected chi connectivity index (χ2v) is 16.1. The van der Waals surface area contributed by atoms with Crippen molar-refractivity contribution in [3.8, 4) is 0 Å². The molecule has 7 rings (SSSR count). The minimum absolute atomic E-state index is 0.0206. The van der Waals surface area contributed by atoms with Gasteiger partial charge in [0.2, 0.25) is 12.3 Å². The Morgan fingerprint density at radius 1 is 1.10 bits per heavy atom. The molecule has 5 heterocycles. The number of pyridine rings is 1. The monoisotopic (exact) mass is 712 g/mol. The highest BCUT2D eigenvalue weighted by Crippen LogP contribution is 2.56. The summed E-state index contributed by atoms with van der Waals surface area (Å²) in [5.74, 6) is -0.893. The molecule has 48 heavy (non-hydrogen) atoms. The van der Waals surface area contributed by atoms with Crippen LogP contribution in [0.2, 0.25) is 10.2 Å². The van der Waals surface area contributed by atoms with E-state index in [1.165, 1.54) is 17.8 Å². The van der Waals surface area contributed by atoms with E-state index in [9.17, 15) is 14.4 Å². The molecule has 1 saturated carbocycles. The first-order chi connectivity index (χ1) is 22.8. The fraction of sp³-hybridized carbons (Fsp3) is 0.514. The summed E-state index contributed by atoms with van der Waals surface area (Å²) in [7, 11) is 0. The second-order valence-electron chi connectivity index (χ2n) is 14.3. The number of allylic oxidation sites excluding steroid dienone is 1. The number of rotatable bonds is 6. The molecule has 13 heteroatoms. The molecule has 254 valence electrons. The summed E-state index contributed by atoms with van der Waals surface area (Å²) in [5.41, 5.74) is 1.06. The minimum Gasteiger partial charge on any atom is -0.336 e. The van der Waals surface area contributed by atoms with Crippen molar-refractivity contribution in [2.45, 2.75) is 95.5 Å². The molecule has 0 bridgehead atoms. The van der Waals surface area contributed by atoms with Crippen LogP contribution in [0.5, 0.6) is 0 Å². The van der Waals surface area contributed by atoms with Gasteiger partial charge in [0.05, 0.1) is 16.6 Å². The zero-order valence-corrected chi connectivity index (χ0v) is 29.9. The van der Waals surface area contributed by atoms with Crippen LogP contribution in [0, 0.1) is 11.7 Å². The summed E-state index contributed by atoms with van der Waals surface area (Å²) in [6, 6.07) is 6.96. The Morgan fingerprint density at radius 2 is 1.85 bits per heavy atom. The van der Waals surface area contributed by atoms with Gasteiger partial charge < -0.3 is 19.6 Å². The molecular weight excluding hydrogens is 674 g/mol. The Hall–Kier alpha value is -3.15. The normalized spacial score (nSPS) is 29.2. The van der Waals surface area contributed by atoms with E-state index in [4.69, 9.17) is 28.2 Å². The van der Waals surface area contributed by atoms with Crippen molar-refractivity contribution in [1.29, 1.82) is 0 Å². The largest absolute Gasteiger partial charge is 0.336 e. The Bertz CT molecular complexity index is 1750. The molecule has 1 aromatic carbocycles. The summed E-state index contributed by atoms with van der Waals surface area (Å²) in [5, 5.41) is 1.000. The molecule has 0 radical (unpaired) electrons. The molecule has 1 aromatic heterocycles. The maximum absolute atomic E-state index is 15.0. The highest BCUT2D eigenvalue weighted by molar-refractivity contribution is 8.18. The topological polar surface area (TPSA) is 89.4 Å². The molecule has 0 N–H and O–H groups in total. The molecular formula is C35H39Cl2FN6O3S. The Kier molecular flexibility index (Phi) is 8.35. The molecule has 9 nitrogen and oxygen atoms in total. The van der Waals surface area contributed by atoms with Gasteiger partial charge in [-0.25, -0.2) is 14.4 Å². The van der Waals surface area contributed by atoms with Gasteiger partial charge >= 0.3 is 0 Å². The highest BCUT2D eigenvalue weighted by atomic mass is 35.5. The Labute approximate surface area is 294 Å². The zero-order valence-electron chi connectivity index (χ0n) is 27.6. The number of aromatic nitrogens is 1. The van der Waals surface area contributed by atoms with Crippen molar-refractivity contribution in [3.05, 3.63) is 74.3 Å². The van der Waals surface area contributed by atoms with E-state index >= 15 is 4.39 Å². The Morgan fingerprint density at radius 3 is 2.48 bits per heavy atom. The van der Waals surface area contributed by atoms with E-state index in [1.807, 2.05) is 50.5 Å². The van der Waals surface area contributed by atoms with Crippen molar-refractivity contribution < 1.29 is 18.8 Å². The average Bonchev–Trinajstić information content (AvgIpc) is 3.42. The van der Waals surface area contributed by atoms with Crippen LogP contribution in [0.1, 0.15) is 77.5 Å². The van der Waals surface area contributed by atoms with Crippen molar-refractivity contribution >= 4 is 58.4 Å². The van der Waals surface area contributed by atoms with E-state index in [0.29, 0.717) is 46.7 Å². The lowest BCUT2D eigenvalue weighted by Gasteiger charge is -2.46. The first-order valence-electron chi connectivity index (χ1n) is 16.5. The quantitative estimate of drug-likeness (QED) is 0.256. The predicted molar refractivity (Wildman–Crippen MR) is 185 cm³/mol. The minimum atomic E-state index is -0.896. The first kappa shape index (κ1) is 33.4. The smallest absolute Gasteiger partial charge is 0.263 e. The fourth-order valence-corrected chi connectivity index (χ4v) is 9.63. The van der Waals surface area contributed by atoms with E-state index in [-0.39, 0.29) is 40.4 Å². The van der Waals surface area contributed by atoms with Crippen LogP contribution in [0.3, 0.4) is 0 Å². The molecule has 5 aliphatic rings. The summed E-state index contributed by atoms with van der Waals surface area (Å²) in [6.45, 7) is 11.0. The summed E-state index contributed by atoms with van der Waals surface area (Å²) in [4.78, 5) is 58.5. The first-order valence-corrected chi connectivity index (χ1v) is 18.1. The van der Waals surface area contributed by atoms with Crippen LogP contribution >= 0.6 is 35.0 Å². The van der Waals surface area contributed by atoms with Gasteiger partial charge in [0, 0.05) is 42.6 Å². The third kappa shape index (κ3) is 5.22. The standard InChI is InChI=1S/C35H39Cl2FN6O3S/c1-19(2)28-29(32(47)43-20(3)6-10-26(43)31(46)42-17-35(12-13-35)41(18-45)16-21(42)4)48-33-40-34(5,23-8-11-27(37)39-15-23)30(44(28)33)22-7-9-24(36)25(38)14-22/h7-9,11,14-15,18-21,26,30H,6,10,12-13,16-17H2,1-5H3/t20-,21+,26+,30-,34+/m1/s1. The number of hydrogen-bond donors (Lipinski definition) is 0. The lowest BCUT2D eigenvalue weighted by atomic mass is 9.81. The maximum Gasteiger partial charge on any atom is 0.263 e. The van der Waals surface area contributed by atoms with Gasteiger partial charge in [-0.2, -0.15) is 0 Å². The summed E-state index contributed by atoms with van der Waals surface area (Å²) in [6.07, 6.45) is 5.65. The van der Waals surface area contributed by atoms with E-state index in [2.05, 4.69) is 9.88 Å². The van der Waals surface area contributed by atoms with Crippen molar-refractivity contribution in [2.24, 2.45) is 10.9 Å². The molecule has 3 amide bonds. The number of amides is 3. The van der Waals surface area contributed by atoms with E-state index < -0.39 is 23.4 Å². The van der Waals surface area contributed by atoms with Crippen molar-refractivity contribution in [1.82, 2.24) is 24.6 Å². The fourth-order valence-electron chi connectivity index (χ4n) is 8.05.